The van der Waals surface area contributed by atoms with Gasteiger partial charge in [0.1, 0.15) is 23.6 Å². The van der Waals surface area contributed by atoms with E-state index in [9.17, 15) is 14.0 Å². The highest BCUT2D eigenvalue weighted by Crippen LogP contribution is 2.32. The molecular formula is C23H26FN4O5P. The summed E-state index contributed by atoms with van der Waals surface area (Å²) >= 11 is 0. The van der Waals surface area contributed by atoms with E-state index < -0.39 is 25.5 Å². The van der Waals surface area contributed by atoms with Gasteiger partial charge in [-0.2, -0.15) is 10.1 Å². The summed E-state index contributed by atoms with van der Waals surface area (Å²) in [5.41, 5.74) is -0.353. The largest absolute Gasteiger partial charge is 0.480 e. The Morgan fingerprint density at radius 1 is 1.26 bits per heavy atom. The molecule has 0 amide bonds. The number of piperidine rings is 1. The summed E-state index contributed by atoms with van der Waals surface area (Å²) in [6.45, 7) is 1.18. The van der Waals surface area contributed by atoms with E-state index in [1.807, 2.05) is 0 Å². The van der Waals surface area contributed by atoms with Crippen LogP contribution in [0.15, 0.2) is 41.3 Å². The van der Waals surface area contributed by atoms with E-state index in [4.69, 9.17) is 14.5 Å². The minimum Gasteiger partial charge on any atom is -0.480 e. The molecule has 2 N–H and O–H groups in total. The van der Waals surface area contributed by atoms with E-state index >= 15 is 0 Å². The zero-order valence-corrected chi connectivity index (χ0v) is 19.6. The summed E-state index contributed by atoms with van der Waals surface area (Å²) in [5, 5.41) is 4.93. The first-order chi connectivity index (χ1) is 16.4. The molecule has 180 valence electrons. The number of fused-ring (bicyclic) bond motifs is 1. The molecule has 11 heteroatoms. The SMILES string of the molecule is COc1nc(N2CCC(CCP(O)O)CC2)cc2cnn(CC(=O)c3cccc(F)c3)c(=O)c12. The molecule has 1 aromatic carbocycles. The second-order valence-corrected chi connectivity index (χ2v) is 9.50. The summed E-state index contributed by atoms with van der Waals surface area (Å²) in [5.74, 6) is 0.297. The maximum Gasteiger partial charge on any atom is 0.280 e. The van der Waals surface area contributed by atoms with Crippen molar-refractivity contribution in [2.24, 2.45) is 5.92 Å². The number of methoxy groups -OCH3 is 1. The monoisotopic (exact) mass is 488 g/mol. The molecule has 9 nitrogen and oxygen atoms in total. The first-order valence-corrected chi connectivity index (χ1v) is 12.4. The number of anilines is 1. The van der Waals surface area contributed by atoms with Crippen molar-refractivity contribution in [3.63, 3.8) is 0 Å². The molecule has 4 rings (SSSR count). The van der Waals surface area contributed by atoms with Gasteiger partial charge in [-0.3, -0.25) is 9.59 Å². The normalized spacial score (nSPS) is 14.7. The van der Waals surface area contributed by atoms with Crippen LogP contribution in [0.5, 0.6) is 5.88 Å². The summed E-state index contributed by atoms with van der Waals surface area (Å²) in [6, 6.07) is 7.08. The van der Waals surface area contributed by atoms with Gasteiger partial charge < -0.3 is 19.4 Å². The van der Waals surface area contributed by atoms with E-state index in [1.54, 1.807) is 6.07 Å². The Morgan fingerprint density at radius 3 is 2.71 bits per heavy atom. The third kappa shape index (κ3) is 5.41. The standard InChI is InChI=1S/C23H26FN4O5P/c1-33-22-21-17(12-20(26-22)27-8-5-15(6-9-27)7-10-34(31)32)13-25-28(23(21)30)14-19(29)16-3-2-4-18(24)11-16/h2-4,11-13,15,31-32H,5-10,14H2,1H3. The first kappa shape index (κ1) is 24.2. The molecule has 34 heavy (non-hydrogen) atoms. The number of nitrogens with zero attached hydrogens (tertiary/aromatic N) is 4. The molecule has 3 heterocycles. The maximum atomic E-state index is 13.5. The minimum absolute atomic E-state index is 0.153. The van der Waals surface area contributed by atoms with Crippen molar-refractivity contribution in [2.75, 3.05) is 31.3 Å². The van der Waals surface area contributed by atoms with Crippen molar-refractivity contribution in [3.05, 3.63) is 58.3 Å². The van der Waals surface area contributed by atoms with Crippen LogP contribution in [0.1, 0.15) is 29.6 Å². The molecule has 0 saturated carbocycles. The molecule has 3 aromatic rings. The van der Waals surface area contributed by atoms with Crippen molar-refractivity contribution in [3.8, 4) is 5.88 Å². The second kappa shape index (κ2) is 10.5. The van der Waals surface area contributed by atoms with Crippen LogP contribution in [0, 0.1) is 11.7 Å². The van der Waals surface area contributed by atoms with Gasteiger partial charge in [0, 0.05) is 30.2 Å². The van der Waals surface area contributed by atoms with Gasteiger partial charge in [-0.1, -0.05) is 12.1 Å². The molecule has 1 aliphatic heterocycles. The highest BCUT2D eigenvalue weighted by atomic mass is 31.2. The van der Waals surface area contributed by atoms with Crippen LogP contribution in [0.4, 0.5) is 10.2 Å². The first-order valence-electron chi connectivity index (χ1n) is 11.0. The fraction of sp³-hybridized carbons (Fsp3) is 0.391. The molecule has 0 radical (unpaired) electrons. The smallest absolute Gasteiger partial charge is 0.280 e. The molecular weight excluding hydrogens is 462 g/mol. The third-order valence-electron chi connectivity index (χ3n) is 6.10. The number of hydrogen-bond donors (Lipinski definition) is 2. The molecule has 0 spiro atoms. The van der Waals surface area contributed by atoms with E-state index in [0.29, 0.717) is 23.3 Å². The molecule has 1 fully saturated rings. The molecule has 0 atom stereocenters. The van der Waals surface area contributed by atoms with Crippen LogP contribution in [0.3, 0.4) is 0 Å². The lowest BCUT2D eigenvalue weighted by atomic mass is 9.94. The van der Waals surface area contributed by atoms with Crippen LogP contribution in [0.25, 0.3) is 10.8 Å². The second-order valence-electron chi connectivity index (χ2n) is 8.31. The lowest BCUT2D eigenvalue weighted by Crippen LogP contribution is -2.34. The number of pyridine rings is 1. The lowest BCUT2D eigenvalue weighted by Gasteiger charge is -2.33. The van der Waals surface area contributed by atoms with E-state index in [0.717, 1.165) is 43.1 Å². The summed E-state index contributed by atoms with van der Waals surface area (Å²) in [4.78, 5) is 50.6. The van der Waals surface area contributed by atoms with Crippen molar-refractivity contribution in [1.82, 2.24) is 14.8 Å². The summed E-state index contributed by atoms with van der Waals surface area (Å²) < 4.78 is 19.9. The fourth-order valence-electron chi connectivity index (χ4n) is 4.22. The Hall–Kier alpha value is -2.94. The highest BCUT2D eigenvalue weighted by Gasteiger charge is 2.23. The predicted molar refractivity (Wildman–Crippen MR) is 127 cm³/mol. The van der Waals surface area contributed by atoms with Gasteiger partial charge in [-0.05, 0) is 43.4 Å². The van der Waals surface area contributed by atoms with Crippen molar-refractivity contribution in [2.45, 2.75) is 25.8 Å². The van der Waals surface area contributed by atoms with Gasteiger partial charge in [0.2, 0.25) is 5.88 Å². The third-order valence-corrected chi connectivity index (χ3v) is 6.76. The highest BCUT2D eigenvalue weighted by molar-refractivity contribution is 7.45. The number of rotatable bonds is 8. The van der Waals surface area contributed by atoms with Crippen LogP contribution in [-0.2, 0) is 6.54 Å². The number of benzene rings is 1. The van der Waals surface area contributed by atoms with E-state index in [-0.39, 0.29) is 23.4 Å². The Balaban J connectivity index is 1.56. The fourth-order valence-corrected chi connectivity index (χ4v) is 4.81. The number of carbonyl (C=O) groups excluding carboxylic acids is 1. The van der Waals surface area contributed by atoms with Crippen LogP contribution in [0.2, 0.25) is 0 Å². The number of Topliss-reactive ketones (excluding diaryl/α,β-unsaturated/α-hetero) is 1. The van der Waals surface area contributed by atoms with Crippen molar-refractivity contribution >= 4 is 30.7 Å². The maximum absolute atomic E-state index is 13.5. The molecule has 2 aromatic heterocycles. The van der Waals surface area contributed by atoms with Gasteiger partial charge in [-0.15, -0.1) is 0 Å². The lowest BCUT2D eigenvalue weighted by molar-refractivity contribution is 0.0965. The molecule has 0 bridgehead atoms. The molecule has 1 saturated heterocycles. The van der Waals surface area contributed by atoms with E-state index in [2.05, 4.69) is 15.0 Å². The Kier molecular flexibility index (Phi) is 7.50. The average Bonchev–Trinajstić information content (AvgIpc) is 2.84. The minimum atomic E-state index is -1.85. The van der Waals surface area contributed by atoms with Gasteiger partial charge in [0.25, 0.3) is 5.56 Å². The van der Waals surface area contributed by atoms with Gasteiger partial charge >= 0.3 is 0 Å². The van der Waals surface area contributed by atoms with Gasteiger partial charge in [-0.25, -0.2) is 9.07 Å². The Morgan fingerprint density at radius 2 is 2.03 bits per heavy atom. The molecule has 0 aliphatic carbocycles. The number of hydrogen-bond acceptors (Lipinski definition) is 8. The quantitative estimate of drug-likeness (QED) is 0.367. The van der Waals surface area contributed by atoms with Crippen LogP contribution in [-0.4, -0.2) is 56.7 Å². The topological polar surface area (TPSA) is 118 Å². The van der Waals surface area contributed by atoms with Gasteiger partial charge in [0.15, 0.2) is 14.2 Å². The predicted octanol–water partition coefficient (Wildman–Crippen LogP) is 2.73. The average molecular weight is 488 g/mol. The van der Waals surface area contributed by atoms with Crippen LogP contribution >= 0.6 is 8.38 Å². The number of carbonyl (C=O) groups is 1. The Bertz CT molecular complexity index is 1240. The van der Waals surface area contributed by atoms with Crippen molar-refractivity contribution in [1.29, 1.82) is 0 Å². The number of halogens is 1. The zero-order valence-electron chi connectivity index (χ0n) is 18.7. The van der Waals surface area contributed by atoms with Crippen LogP contribution < -0.4 is 15.2 Å². The molecule has 1 aliphatic rings. The number of ether oxygens (including phenoxy) is 1. The number of ketones is 1. The van der Waals surface area contributed by atoms with E-state index in [1.165, 1.54) is 31.5 Å². The molecule has 0 unspecified atom stereocenters. The summed E-state index contributed by atoms with van der Waals surface area (Å²) in [7, 11) is -0.420. The number of aromatic nitrogens is 3. The zero-order chi connectivity index (χ0) is 24.2. The van der Waals surface area contributed by atoms with Gasteiger partial charge in [0.05, 0.1) is 13.3 Å². The van der Waals surface area contributed by atoms with Crippen molar-refractivity contribution < 1.29 is 23.7 Å². The summed E-state index contributed by atoms with van der Waals surface area (Å²) in [6.07, 6.45) is 4.54. The Labute approximate surface area is 196 Å².